The zero-order chi connectivity index (χ0) is 21.1. The molecule has 0 saturated carbocycles. The van der Waals surface area contributed by atoms with Crippen molar-refractivity contribution in [2.24, 2.45) is 5.92 Å². The van der Waals surface area contributed by atoms with Gasteiger partial charge in [-0.25, -0.2) is 9.97 Å². The molecule has 0 unspecified atom stereocenters. The fourth-order valence-corrected chi connectivity index (χ4v) is 3.38. The Kier molecular flexibility index (Phi) is 8.94. The molecule has 3 aromatic heterocycles. The molecule has 1 saturated heterocycles. The third-order valence-corrected chi connectivity index (χ3v) is 5.15. The molecule has 9 nitrogen and oxygen atoms in total. The maximum absolute atomic E-state index is 10.5. The van der Waals surface area contributed by atoms with Gasteiger partial charge in [-0.1, -0.05) is 13.8 Å². The van der Waals surface area contributed by atoms with E-state index in [2.05, 4.69) is 54.5 Å². The van der Waals surface area contributed by atoms with Gasteiger partial charge in [0, 0.05) is 31.7 Å². The maximum Gasteiger partial charge on any atom is 0.151 e. The van der Waals surface area contributed by atoms with Crippen molar-refractivity contribution in [2.45, 2.75) is 26.8 Å². The summed E-state index contributed by atoms with van der Waals surface area (Å²) in [5.41, 5.74) is 2.35. The fraction of sp³-hybridized carbons (Fsp3) is 0.381. The molecule has 32 heavy (non-hydrogen) atoms. The SMILES string of the molecule is Cc1cnc(Nc2cnc(-c3ccc(N4CCN[C@@H](C(C)C)C4)nn3)c(O)c2)cn1.Cl.Cl. The Hall–Kier alpha value is -2.75. The average Bonchev–Trinajstić information content (AvgIpc) is 2.76. The van der Waals surface area contributed by atoms with Crippen LogP contribution in [0.3, 0.4) is 0 Å². The van der Waals surface area contributed by atoms with Gasteiger partial charge in [-0.3, -0.25) is 4.98 Å². The predicted molar refractivity (Wildman–Crippen MR) is 130 cm³/mol. The number of halogens is 2. The van der Waals surface area contributed by atoms with Crippen molar-refractivity contribution in [2.75, 3.05) is 29.9 Å². The number of piperazine rings is 1. The summed E-state index contributed by atoms with van der Waals surface area (Å²) in [6.07, 6.45) is 4.92. The highest BCUT2D eigenvalue weighted by molar-refractivity contribution is 5.85. The van der Waals surface area contributed by atoms with Crippen LogP contribution in [0.25, 0.3) is 11.4 Å². The third-order valence-electron chi connectivity index (χ3n) is 5.15. The van der Waals surface area contributed by atoms with Crippen molar-refractivity contribution in [3.8, 4) is 17.1 Å². The predicted octanol–water partition coefficient (Wildman–Crippen LogP) is 3.36. The summed E-state index contributed by atoms with van der Waals surface area (Å²) in [4.78, 5) is 15.0. The standard InChI is InChI=1S/C21H26N8O.2ClH/c1-13(2)17-12-29(7-6-22-17)20-5-4-16(27-28-20)21-18(30)8-15(10-25-21)26-19-11-23-14(3)9-24-19;;/h4-5,8-11,13,17,22,30H,6-7,12H2,1-3H3,(H,24,26);2*1H/t17-;;/m1../s1. The van der Waals surface area contributed by atoms with Crippen LogP contribution in [-0.2, 0) is 0 Å². The Morgan fingerprint density at radius 2 is 1.91 bits per heavy atom. The van der Waals surface area contributed by atoms with Crippen LogP contribution < -0.4 is 15.5 Å². The number of pyridine rings is 1. The molecule has 3 N–H and O–H groups in total. The minimum absolute atomic E-state index is 0. The molecule has 1 fully saturated rings. The Morgan fingerprint density at radius 1 is 1.09 bits per heavy atom. The van der Waals surface area contributed by atoms with Gasteiger partial charge in [0.1, 0.15) is 23.0 Å². The fourth-order valence-electron chi connectivity index (χ4n) is 3.38. The number of aromatic nitrogens is 5. The molecule has 1 aliphatic rings. The van der Waals surface area contributed by atoms with Gasteiger partial charge in [0.15, 0.2) is 5.82 Å². The van der Waals surface area contributed by atoms with E-state index in [9.17, 15) is 5.11 Å². The minimum Gasteiger partial charge on any atom is -0.506 e. The lowest BCUT2D eigenvalue weighted by Gasteiger charge is -2.36. The average molecular weight is 479 g/mol. The van der Waals surface area contributed by atoms with Gasteiger partial charge in [-0.15, -0.1) is 35.0 Å². The molecular weight excluding hydrogens is 451 g/mol. The van der Waals surface area contributed by atoms with Crippen LogP contribution in [0.4, 0.5) is 17.3 Å². The van der Waals surface area contributed by atoms with Crippen LogP contribution in [0.5, 0.6) is 5.75 Å². The number of hydrogen-bond donors (Lipinski definition) is 3. The molecule has 0 aromatic carbocycles. The number of anilines is 3. The largest absolute Gasteiger partial charge is 0.506 e. The Morgan fingerprint density at radius 3 is 2.53 bits per heavy atom. The lowest BCUT2D eigenvalue weighted by molar-refractivity contribution is 0.367. The van der Waals surface area contributed by atoms with Gasteiger partial charge in [-0.2, -0.15) is 0 Å². The van der Waals surface area contributed by atoms with Gasteiger partial charge >= 0.3 is 0 Å². The van der Waals surface area contributed by atoms with Crippen LogP contribution in [0.2, 0.25) is 0 Å². The van der Waals surface area contributed by atoms with Crippen molar-refractivity contribution in [1.29, 1.82) is 0 Å². The Labute approximate surface area is 199 Å². The van der Waals surface area contributed by atoms with Crippen LogP contribution in [0.1, 0.15) is 19.5 Å². The summed E-state index contributed by atoms with van der Waals surface area (Å²) < 4.78 is 0. The van der Waals surface area contributed by atoms with E-state index in [0.717, 1.165) is 31.1 Å². The monoisotopic (exact) mass is 478 g/mol. The molecular formula is C21H28Cl2N8O. The summed E-state index contributed by atoms with van der Waals surface area (Å²) in [7, 11) is 0. The summed E-state index contributed by atoms with van der Waals surface area (Å²) in [5, 5.41) is 25.7. The number of hydrogen-bond acceptors (Lipinski definition) is 9. The van der Waals surface area contributed by atoms with Crippen LogP contribution in [-0.4, -0.2) is 55.9 Å². The molecule has 0 amide bonds. The van der Waals surface area contributed by atoms with Crippen molar-refractivity contribution < 1.29 is 5.11 Å². The third kappa shape index (κ3) is 5.93. The van der Waals surface area contributed by atoms with Crippen molar-refractivity contribution in [1.82, 2.24) is 30.5 Å². The molecule has 11 heteroatoms. The van der Waals surface area contributed by atoms with Crippen LogP contribution in [0.15, 0.2) is 36.8 Å². The van der Waals surface area contributed by atoms with Gasteiger partial charge in [-0.05, 0) is 25.0 Å². The summed E-state index contributed by atoms with van der Waals surface area (Å²) in [5.74, 6) is 1.99. The molecule has 3 aromatic rings. The normalized spacial score (nSPS) is 15.6. The topological polar surface area (TPSA) is 112 Å². The lowest BCUT2D eigenvalue weighted by atomic mass is 10.0. The smallest absolute Gasteiger partial charge is 0.151 e. The molecule has 0 aliphatic carbocycles. The van der Waals surface area contributed by atoms with Gasteiger partial charge in [0.2, 0.25) is 0 Å². The molecule has 0 radical (unpaired) electrons. The zero-order valence-electron chi connectivity index (χ0n) is 18.2. The molecule has 172 valence electrons. The summed E-state index contributed by atoms with van der Waals surface area (Å²) in [6.45, 7) is 9.02. The first-order chi connectivity index (χ1) is 14.5. The van der Waals surface area contributed by atoms with E-state index >= 15 is 0 Å². The second kappa shape index (κ2) is 11.2. The van der Waals surface area contributed by atoms with E-state index in [1.807, 2.05) is 19.1 Å². The van der Waals surface area contributed by atoms with Crippen LogP contribution in [0, 0.1) is 12.8 Å². The van der Waals surface area contributed by atoms with Crippen molar-refractivity contribution >= 4 is 42.1 Å². The second-order valence-electron chi connectivity index (χ2n) is 7.79. The number of aryl methyl sites for hydroxylation is 1. The molecule has 4 heterocycles. The highest BCUT2D eigenvalue weighted by Gasteiger charge is 2.23. The van der Waals surface area contributed by atoms with E-state index < -0.39 is 0 Å². The van der Waals surface area contributed by atoms with Gasteiger partial charge < -0.3 is 20.6 Å². The van der Waals surface area contributed by atoms with Crippen LogP contribution >= 0.6 is 24.8 Å². The van der Waals surface area contributed by atoms with E-state index in [0.29, 0.717) is 34.9 Å². The minimum atomic E-state index is 0. The highest BCUT2D eigenvalue weighted by Crippen LogP contribution is 2.29. The molecule has 0 bridgehead atoms. The number of rotatable bonds is 5. The van der Waals surface area contributed by atoms with Crippen molar-refractivity contribution in [3.63, 3.8) is 0 Å². The molecule has 0 spiro atoms. The van der Waals surface area contributed by atoms with E-state index in [1.165, 1.54) is 0 Å². The molecule has 1 aliphatic heterocycles. The van der Waals surface area contributed by atoms with Crippen molar-refractivity contribution in [3.05, 3.63) is 42.5 Å². The summed E-state index contributed by atoms with van der Waals surface area (Å²) in [6, 6.07) is 5.79. The Balaban J connectivity index is 0.00000181. The number of aromatic hydroxyl groups is 1. The van der Waals surface area contributed by atoms with Gasteiger partial charge in [0.25, 0.3) is 0 Å². The zero-order valence-corrected chi connectivity index (χ0v) is 19.8. The highest BCUT2D eigenvalue weighted by atomic mass is 35.5. The number of nitrogens with one attached hydrogen (secondary N) is 2. The maximum atomic E-state index is 10.5. The van der Waals surface area contributed by atoms with E-state index in [4.69, 9.17) is 0 Å². The molecule has 1 atom stereocenters. The van der Waals surface area contributed by atoms with E-state index in [-0.39, 0.29) is 30.6 Å². The summed E-state index contributed by atoms with van der Waals surface area (Å²) >= 11 is 0. The van der Waals surface area contributed by atoms with E-state index in [1.54, 1.807) is 24.7 Å². The lowest BCUT2D eigenvalue weighted by Crippen LogP contribution is -2.53. The Bertz CT molecular complexity index is 1000. The molecule has 4 rings (SSSR count). The first-order valence-electron chi connectivity index (χ1n) is 10.1. The number of nitrogens with zero attached hydrogens (tertiary/aromatic N) is 6. The first-order valence-corrected chi connectivity index (χ1v) is 10.1. The second-order valence-corrected chi connectivity index (χ2v) is 7.79. The quantitative estimate of drug-likeness (QED) is 0.507. The first kappa shape index (κ1) is 25.5. The van der Waals surface area contributed by atoms with Gasteiger partial charge in [0.05, 0.1) is 30.0 Å².